The van der Waals surface area contributed by atoms with Gasteiger partial charge in [-0.05, 0) is 24.1 Å². The standard InChI is InChI=1S/C11H13NO3/c1-3-10(12(14)15)6-9-5-4-8(2)11(13)7-9/h4-7,13H,3H2,1-2H3. The Balaban J connectivity index is 3.07. The number of hydrogen-bond donors (Lipinski definition) is 1. The van der Waals surface area contributed by atoms with Crippen LogP contribution in [0.3, 0.4) is 0 Å². The zero-order chi connectivity index (χ0) is 11.4. The van der Waals surface area contributed by atoms with E-state index >= 15 is 0 Å². The molecule has 1 N–H and O–H groups in total. The first-order valence-electron chi connectivity index (χ1n) is 4.69. The second-order valence-electron chi connectivity index (χ2n) is 3.29. The van der Waals surface area contributed by atoms with Crippen LogP contribution in [-0.4, -0.2) is 10.0 Å². The molecule has 15 heavy (non-hydrogen) atoms. The molecule has 0 bridgehead atoms. The number of nitro groups is 1. The molecule has 80 valence electrons. The molecule has 1 aromatic rings. The summed E-state index contributed by atoms with van der Waals surface area (Å²) in [7, 11) is 0. The summed E-state index contributed by atoms with van der Waals surface area (Å²) >= 11 is 0. The van der Waals surface area contributed by atoms with Crippen molar-refractivity contribution in [1.29, 1.82) is 0 Å². The molecule has 0 aromatic heterocycles. The van der Waals surface area contributed by atoms with Gasteiger partial charge in [-0.25, -0.2) is 0 Å². The van der Waals surface area contributed by atoms with E-state index < -0.39 is 4.92 Å². The summed E-state index contributed by atoms with van der Waals surface area (Å²) < 4.78 is 0. The Hall–Kier alpha value is -1.84. The molecule has 0 unspecified atom stereocenters. The maximum absolute atomic E-state index is 10.6. The van der Waals surface area contributed by atoms with Gasteiger partial charge in [-0.3, -0.25) is 10.1 Å². The van der Waals surface area contributed by atoms with Crippen LogP contribution < -0.4 is 0 Å². The summed E-state index contributed by atoms with van der Waals surface area (Å²) in [6.45, 7) is 3.50. The van der Waals surface area contributed by atoms with Crippen molar-refractivity contribution >= 4 is 6.08 Å². The topological polar surface area (TPSA) is 63.4 Å². The largest absolute Gasteiger partial charge is 0.508 e. The van der Waals surface area contributed by atoms with Crippen LogP contribution in [0.1, 0.15) is 24.5 Å². The van der Waals surface area contributed by atoms with E-state index in [4.69, 9.17) is 0 Å². The van der Waals surface area contributed by atoms with Gasteiger partial charge in [0, 0.05) is 12.5 Å². The molecule has 0 spiro atoms. The lowest BCUT2D eigenvalue weighted by molar-refractivity contribution is -0.425. The second-order valence-corrected chi connectivity index (χ2v) is 3.29. The summed E-state index contributed by atoms with van der Waals surface area (Å²) in [6.07, 6.45) is 1.83. The molecule has 4 nitrogen and oxygen atoms in total. The van der Waals surface area contributed by atoms with Gasteiger partial charge in [0.1, 0.15) is 5.75 Å². The number of rotatable bonds is 3. The van der Waals surface area contributed by atoms with Crippen LogP contribution >= 0.6 is 0 Å². The van der Waals surface area contributed by atoms with Gasteiger partial charge in [-0.1, -0.05) is 19.1 Å². The Morgan fingerprint density at radius 2 is 2.27 bits per heavy atom. The summed E-state index contributed by atoms with van der Waals surface area (Å²) in [4.78, 5) is 10.2. The van der Waals surface area contributed by atoms with E-state index in [9.17, 15) is 15.2 Å². The third kappa shape index (κ3) is 2.80. The fourth-order valence-corrected chi connectivity index (χ4v) is 1.19. The van der Waals surface area contributed by atoms with E-state index in [-0.39, 0.29) is 11.4 Å². The minimum Gasteiger partial charge on any atom is -0.508 e. The Kier molecular flexibility index (Phi) is 3.44. The Bertz CT molecular complexity index is 410. The predicted molar refractivity (Wildman–Crippen MR) is 58.1 cm³/mol. The molecule has 0 aliphatic carbocycles. The fourth-order valence-electron chi connectivity index (χ4n) is 1.19. The smallest absolute Gasteiger partial charge is 0.246 e. The summed E-state index contributed by atoms with van der Waals surface area (Å²) in [5.74, 6) is 0.155. The van der Waals surface area contributed by atoms with Crippen molar-refractivity contribution in [2.24, 2.45) is 0 Å². The molecular formula is C11H13NO3. The van der Waals surface area contributed by atoms with Gasteiger partial charge in [0.2, 0.25) is 5.70 Å². The highest BCUT2D eigenvalue weighted by Gasteiger charge is 2.07. The maximum Gasteiger partial charge on any atom is 0.246 e. The lowest BCUT2D eigenvalue weighted by atomic mass is 10.1. The molecular weight excluding hydrogens is 194 g/mol. The highest BCUT2D eigenvalue weighted by molar-refractivity contribution is 5.54. The predicted octanol–water partition coefficient (Wildman–Crippen LogP) is 2.73. The summed E-state index contributed by atoms with van der Waals surface area (Å²) in [5.41, 5.74) is 1.54. The second kappa shape index (κ2) is 4.59. The molecule has 4 heteroatoms. The summed E-state index contributed by atoms with van der Waals surface area (Å²) in [5, 5.41) is 20.0. The number of hydrogen-bond acceptors (Lipinski definition) is 3. The van der Waals surface area contributed by atoms with Gasteiger partial charge in [0.15, 0.2) is 0 Å². The number of nitrogens with zero attached hydrogens (tertiary/aromatic N) is 1. The maximum atomic E-state index is 10.6. The average molecular weight is 207 g/mol. The van der Waals surface area contributed by atoms with E-state index in [0.29, 0.717) is 12.0 Å². The molecule has 0 aliphatic rings. The highest BCUT2D eigenvalue weighted by Crippen LogP contribution is 2.19. The van der Waals surface area contributed by atoms with Crippen LogP contribution in [-0.2, 0) is 0 Å². The number of aryl methyl sites for hydroxylation is 1. The van der Waals surface area contributed by atoms with Crippen molar-refractivity contribution in [3.8, 4) is 5.75 Å². The molecule has 0 radical (unpaired) electrons. The van der Waals surface area contributed by atoms with Crippen LogP contribution in [0.2, 0.25) is 0 Å². The quantitative estimate of drug-likeness (QED) is 0.612. The Morgan fingerprint density at radius 1 is 1.60 bits per heavy atom. The van der Waals surface area contributed by atoms with Crippen molar-refractivity contribution in [3.63, 3.8) is 0 Å². The molecule has 0 saturated heterocycles. The lowest BCUT2D eigenvalue weighted by Crippen LogP contribution is -1.96. The molecule has 0 fully saturated rings. The van der Waals surface area contributed by atoms with E-state index in [2.05, 4.69) is 0 Å². The van der Waals surface area contributed by atoms with E-state index in [0.717, 1.165) is 5.56 Å². The molecule has 0 saturated carbocycles. The third-order valence-electron chi connectivity index (χ3n) is 2.16. The molecule has 1 aromatic carbocycles. The number of benzene rings is 1. The van der Waals surface area contributed by atoms with Crippen molar-refractivity contribution in [1.82, 2.24) is 0 Å². The number of aromatic hydroxyl groups is 1. The van der Waals surface area contributed by atoms with E-state index in [1.165, 1.54) is 12.1 Å². The summed E-state index contributed by atoms with van der Waals surface area (Å²) in [6, 6.07) is 5.00. The SMILES string of the molecule is CCC(=Cc1ccc(C)c(O)c1)[N+](=O)[O-]. The minimum atomic E-state index is -0.406. The normalized spacial score (nSPS) is 11.5. The van der Waals surface area contributed by atoms with Crippen molar-refractivity contribution in [2.75, 3.05) is 0 Å². The minimum absolute atomic E-state index is 0.137. The Morgan fingerprint density at radius 3 is 2.73 bits per heavy atom. The van der Waals surface area contributed by atoms with Crippen molar-refractivity contribution < 1.29 is 10.0 Å². The molecule has 0 aliphatic heterocycles. The fraction of sp³-hybridized carbons (Fsp3) is 0.273. The van der Waals surface area contributed by atoms with Gasteiger partial charge < -0.3 is 5.11 Å². The number of phenols is 1. The molecule has 0 heterocycles. The number of allylic oxidation sites excluding steroid dienone is 1. The Labute approximate surface area is 88.0 Å². The molecule has 0 atom stereocenters. The molecule has 0 amide bonds. The highest BCUT2D eigenvalue weighted by atomic mass is 16.6. The van der Waals surface area contributed by atoms with Gasteiger partial charge in [0.05, 0.1) is 4.92 Å². The first-order valence-corrected chi connectivity index (χ1v) is 4.69. The van der Waals surface area contributed by atoms with Crippen molar-refractivity contribution in [3.05, 3.63) is 45.1 Å². The monoisotopic (exact) mass is 207 g/mol. The average Bonchev–Trinajstić information content (AvgIpc) is 2.19. The first kappa shape index (κ1) is 11.2. The first-order chi connectivity index (χ1) is 7.04. The van der Waals surface area contributed by atoms with Crippen LogP contribution in [0.4, 0.5) is 0 Å². The van der Waals surface area contributed by atoms with Crippen LogP contribution in [0.5, 0.6) is 5.75 Å². The number of phenolic OH excluding ortho intramolecular Hbond substituents is 1. The van der Waals surface area contributed by atoms with Crippen LogP contribution in [0.15, 0.2) is 23.9 Å². The lowest BCUT2D eigenvalue weighted by Gasteiger charge is -2.00. The van der Waals surface area contributed by atoms with E-state index in [1.54, 1.807) is 26.0 Å². The van der Waals surface area contributed by atoms with Gasteiger partial charge >= 0.3 is 0 Å². The van der Waals surface area contributed by atoms with Gasteiger partial charge in [0.25, 0.3) is 0 Å². The van der Waals surface area contributed by atoms with Crippen LogP contribution in [0, 0.1) is 17.0 Å². The van der Waals surface area contributed by atoms with Gasteiger partial charge in [-0.15, -0.1) is 0 Å². The van der Waals surface area contributed by atoms with E-state index in [1.807, 2.05) is 0 Å². The van der Waals surface area contributed by atoms with Crippen LogP contribution in [0.25, 0.3) is 6.08 Å². The third-order valence-corrected chi connectivity index (χ3v) is 2.16. The zero-order valence-corrected chi connectivity index (χ0v) is 8.73. The van der Waals surface area contributed by atoms with Gasteiger partial charge in [-0.2, -0.15) is 0 Å². The van der Waals surface area contributed by atoms with Crippen molar-refractivity contribution in [2.45, 2.75) is 20.3 Å². The zero-order valence-electron chi connectivity index (χ0n) is 8.73. The molecule has 1 rings (SSSR count).